The molecule has 0 spiro atoms. The van der Waals surface area contributed by atoms with E-state index in [2.05, 4.69) is 52.2 Å². The molecule has 1 aromatic carbocycles. The summed E-state index contributed by atoms with van der Waals surface area (Å²) in [5.41, 5.74) is 1.06. The van der Waals surface area contributed by atoms with Crippen molar-refractivity contribution in [1.29, 1.82) is 0 Å². The number of carbonyl (C=O) groups is 5. The topological polar surface area (TPSA) is 148 Å². The summed E-state index contributed by atoms with van der Waals surface area (Å²) in [5, 5.41) is 14.6. The number of carboxylic acid groups (broad SMARTS) is 1. The molecule has 3 rings (SSSR count). The zero-order valence-corrected chi connectivity index (χ0v) is 28.9. The molecule has 0 bridgehead atoms. The van der Waals surface area contributed by atoms with E-state index in [1.54, 1.807) is 12.1 Å². The molecule has 1 aromatic rings. The quantitative estimate of drug-likeness (QED) is 0.141. The van der Waals surface area contributed by atoms with Crippen molar-refractivity contribution >= 4 is 47.2 Å². The number of esters is 2. The molecule has 3 N–H and O–H groups in total. The minimum Gasteiger partial charge on any atom is -0.478 e. The average Bonchev–Trinajstić information content (AvgIpc) is 2.97. The van der Waals surface area contributed by atoms with Crippen LogP contribution in [0.3, 0.4) is 0 Å². The molecule has 0 saturated heterocycles. The average molecular weight is 655 g/mol. The van der Waals surface area contributed by atoms with Gasteiger partial charge in [0.25, 0.3) is 0 Å². The van der Waals surface area contributed by atoms with Gasteiger partial charge in [-0.15, -0.1) is 0 Å². The maximum Gasteiger partial charge on any atom is 0.328 e. The largest absolute Gasteiger partial charge is 0.478 e. The Balaban J connectivity index is 1.57. The van der Waals surface area contributed by atoms with Crippen LogP contribution in [0.4, 0.5) is 11.4 Å². The van der Waals surface area contributed by atoms with Crippen molar-refractivity contribution in [2.75, 3.05) is 10.6 Å². The van der Waals surface area contributed by atoms with E-state index in [1.165, 1.54) is 12.1 Å². The molecule has 2 saturated carbocycles. The summed E-state index contributed by atoms with van der Waals surface area (Å²) in [6.45, 7) is 12.9. The first-order valence-electron chi connectivity index (χ1n) is 17.2. The molecule has 0 radical (unpaired) electrons. The summed E-state index contributed by atoms with van der Waals surface area (Å²) < 4.78 is 11.6. The van der Waals surface area contributed by atoms with Gasteiger partial charge >= 0.3 is 17.9 Å². The smallest absolute Gasteiger partial charge is 0.328 e. The van der Waals surface area contributed by atoms with Gasteiger partial charge in [-0.25, -0.2) is 4.79 Å². The van der Waals surface area contributed by atoms with Gasteiger partial charge in [0.2, 0.25) is 11.8 Å². The zero-order valence-electron chi connectivity index (χ0n) is 28.9. The minimum absolute atomic E-state index is 0.0719. The van der Waals surface area contributed by atoms with E-state index in [0.717, 1.165) is 44.6 Å². The number of carbonyl (C=O) groups excluding carboxylic acids is 4. The lowest BCUT2D eigenvalue weighted by atomic mass is 9.75. The highest BCUT2D eigenvalue weighted by atomic mass is 16.5. The Kier molecular flexibility index (Phi) is 14.5. The Labute approximate surface area is 279 Å². The van der Waals surface area contributed by atoms with Crippen LogP contribution in [0, 0.1) is 35.5 Å². The van der Waals surface area contributed by atoms with Gasteiger partial charge in [-0.3, -0.25) is 19.2 Å². The van der Waals surface area contributed by atoms with Crippen LogP contribution >= 0.6 is 0 Å². The predicted octanol–water partition coefficient (Wildman–Crippen LogP) is 7.23. The molecule has 6 atom stereocenters. The number of rotatable bonds is 14. The minimum atomic E-state index is -1.15. The molecule has 0 heterocycles. The fourth-order valence-electron chi connectivity index (χ4n) is 6.89. The number of amides is 2. The van der Waals surface area contributed by atoms with Gasteiger partial charge in [0.15, 0.2) is 0 Å². The lowest BCUT2D eigenvalue weighted by molar-refractivity contribution is -0.157. The molecule has 47 heavy (non-hydrogen) atoms. The monoisotopic (exact) mass is 654 g/mol. The molecular weight excluding hydrogens is 600 g/mol. The first kappa shape index (κ1) is 37.8. The van der Waals surface area contributed by atoms with Crippen molar-refractivity contribution in [1.82, 2.24) is 0 Å². The number of aliphatic carboxylic acids is 1. The molecule has 0 aliphatic heterocycles. The molecule has 2 fully saturated rings. The van der Waals surface area contributed by atoms with Crippen LogP contribution in [-0.2, 0) is 33.4 Å². The predicted molar refractivity (Wildman–Crippen MR) is 181 cm³/mol. The third-order valence-electron chi connectivity index (χ3n) is 9.54. The van der Waals surface area contributed by atoms with Crippen LogP contribution in [0.1, 0.15) is 111 Å². The van der Waals surface area contributed by atoms with E-state index in [1.807, 2.05) is 0 Å². The molecule has 0 unspecified atom stereocenters. The first-order valence-corrected chi connectivity index (χ1v) is 17.2. The van der Waals surface area contributed by atoms with Gasteiger partial charge in [0.05, 0.1) is 12.8 Å². The van der Waals surface area contributed by atoms with E-state index < -0.39 is 29.7 Å². The number of benzene rings is 1. The van der Waals surface area contributed by atoms with Crippen LogP contribution in [-0.4, -0.2) is 47.0 Å². The van der Waals surface area contributed by atoms with Crippen molar-refractivity contribution in [3.05, 3.63) is 29.8 Å². The summed E-state index contributed by atoms with van der Waals surface area (Å²) in [6.07, 6.45) is 7.60. The maximum absolute atomic E-state index is 12.8. The Hall–Kier alpha value is -3.69. The van der Waals surface area contributed by atoms with Crippen molar-refractivity contribution in [2.24, 2.45) is 35.5 Å². The first-order chi connectivity index (χ1) is 22.2. The van der Waals surface area contributed by atoms with E-state index in [9.17, 15) is 24.0 Å². The van der Waals surface area contributed by atoms with Crippen molar-refractivity contribution in [3.8, 4) is 0 Å². The lowest BCUT2D eigenvalue weighted by Crippen LogP contribution is -2.36. The molecule has 2 aliphatic rings. The molecule has 0 aromatic heterocycles. The number of ether oxygens (including phenoxy) is 2. The van der Waals surface area contributed by atoms with Gasteiger partial charge in [0.1, 0.15) is 12.2 Å². The standard InChI is InChI=1S/C37H54N2O8/c1-22(2)29-10-7-24(5)17-31(29)46-36(44)15-12-33(40)38-27-19-26(9-14-35(42)43)20-28(21-27)39-34(41)13-16-37(45)47-32-18-25(6)8-11-30(32)23(3)4/h9,14,19-25,29-32H,7-8,10-13,15-18H2,1-6H3,(H,38,40)(H,39,41)(H,42,43)/b14-9+/t24-,25-,29+,30+,31-,32-/m1/s1. The van der Waals surface area contributed by atoms with Crippen LogP contribution in [0.5, 0.6) is 0 Å². The Bertz CT molecular complexity index is 1210. The van der Waals surface area contributed by atoms with Gasteiger partial charge in [-0.2, -0.15) is 0 Å². The number of anilines is 2. The Morgan fingerprint density at radius 2 is 1.15 bits per heavy atom. The highest BCUT2D eigenvalue weighted by Crippen LogP contribution is 2.36. The summed E-state index contributed by atoms with van der Waals surface area (Å²) >= 11 is 0. The second-order valence-electron chi connectivity index (χ2n) is 14.3. The molecule has 10 nitrogen and oxygen atoms in total. The second-order valence-corrected chi connectivity index (χ2v) is 14.3. The Morgan fingerprint density at radius 3 is 1.53 bits per heavy atom. The Morgan fingerprint density at radius 1 is 0.723 bits per heavy atom. The van der Waals surface area contributed by atoms with Gasteiger partial charge in [-0.1, -0.05) is 54.4 Å². The van der Waals surface area contributed by atoms with Crippen molar-refractivity contribution < 1.29 is 38.6 Å². The van der Waals surface area contributed by atoms with Crippen LogP contribution in [0.2, 0.25) is 0 Å². The van der Waals surface area contributed by atoms with Gasteiger partial charge in [0, 0.05) is 30.3 Å². The third kappa shape index (κ3) is 12.8. The van der Waals surface area contributed by atoms with Crippen LogP contribution in [0.15, 0.2) is 24.3 Å². The second kappa shape index (κ2) is 18.0. The molecular formula is C37H54N2O8. The molecule has 260 valence electrons. The van der Waals surface area contributed by atoms with Crippen LogP contribution in [0.25, 0.3) is 6.08 Å². The number of hydrogen-bond acceptors (Lipinski definition) is 7. The highest BCUT2D eigenvalue weighted by molar-refractivity contribution is 5.96. The van der Waals surface area contributed by atoms with E-state index in [0.29, 0.717) is 52.4 Å². The summed E-state index contributed by atoms with van der Waals surface area (Å²) in [7, 11) is 0. The number of carboxylic acids is 1. The number of hydrogen-bond donors (Lipinski definition) is 3. The fraction of sp³-hybridized carbons (Fsp3) is 0.649. The summed E-state index contributed by atoms with van der Waals surface area (Å²) in [4.78, 5) is 62.0. The molecule has 10 heteroatoms. The van der Waals surface area contributed by atoms with E-state index >= 15 is 0 Å². The van der Waals surface area contributed by atoms with Gasteiger partial charge in [-0.05, 0) is 91.0 Å². The normalized spacial score (nSPS) is 24.6. The molecule has 2 amide bonds. The number of nitrogens with one attached hydrogen (secondary N) is 2. The van der Waals surface area contributed by atoms with Crippen LogP contribution < -0.4 is 10.6 Å². The molecule has 2 aliphatic carbocycles. The lowest BCUT2D eigenvalue weighted by Gasteiger charge is -2.36. The van der Waals surface area contributed by atoms with E-state index in [-0.39, 0.29) is 37.9 Å². The maximum atomic E-state index is 12.8. The van der Waals surface area contributed by atoms with Crippen molar-refractivity contribution in [3.63, 3.8) is 0 Å². The van der Waals surface area contributed by atoms with Crippen molar-refractivity contribution in [2.45, 2.75) is 118 Å². The summed E-state index contributed by atoms with van der Waals surface area (Å²) in [5.74, 6) is -0.424. The van der Waals surface area contributed by atoms with Gasteiger partial charge < -0.3 is 25.2 Å². The fourth-order valence-corrected chi connectivity index (χ4v) is 6.89. The SMILES string of the molecule is CC(C)[C@@H]1CC[C@@H](C)C[C@H]1OC(=O)CCC(=O)Nc1cc(/C=C/C(=O)O)cc(NC(=O)CCC(=O)O[C@@H]2C[C@H](C)CC[C@H]2C(C)C)c1. The van der Waals surface area contributed by atoms with E-state index in [4.69, 9.17) is 14.6 Å². The highest BCUT2D eigenvalue weighted by Gasteiger charge is 2.34. The zero-order chi connectivity index (χ0) is 34.7. The summed E-state index contributed by atoms with van der Waals surface area (Å²) in [6, 6.07) is 4.67. The third-order valence-corrected chi connectivity index (χ3v) is 9.54.